The number of hydrogen-bond acceptors (Lipinski definition) is 2. The first-order valence-electron chi connectivity index (χ1n) is 4.31. The van der Waals surface area contributed by atoms with Gasteiger partial charge in [0, 0.05) is 11.4 Å². The normalized spacial score (nSPS) is 17.6. The van der Waals surface area contributed by atoms with Gasteiger partial charge in [-0.2, -0.15) is 0 Å². The first-order valence-corrected chi connectivity index (χ1v) is 5.19. The van der Waals surface area contributed by atoms with Crippen molar-refractivity contribution in [2.45, 2.75) is 13.3 Å². The molecule has 0 radical (unpaired) electrons. The lowest BCUT2D eigenvalue weighted by atomic mass is 10.1. The van der Waals surface area contributed by atoms with Crippen LogP contribution >= 0.6 is 11.3 Å². The van der Waals surface area contributed by atoms with Gasteiger partial charge in [-0.1, -0.05) is 6.08 Å². The summed E-state index contributed by atoms with van der Waals surface area (Å²) in [5.41, 5.74) is 2.90. The van der Waals surface area contributed by atoms with Gasteiger partial charge in [-0.15, -0.1) is 11.3 Å². The van der Waals surface area contributed by atoms with Crippen LogP contribution < -0.4 is 5.32 Å². The van der Waals surface area contributed by atoms with Gasteiger partial charge in [0.25, 0.3) is 0 Å². The van der Waals surface area contributed by atoms with Gasteiger partial charge in [0.1, 0.15) is 0 Å². The third-order valence-electron chi connectivity index (χ3n) is 2.11. The summed E-state index contributed by atoms with van der Waals surface area (Å²) in [4.78, 5) is 1.45. The summed E-state index contributed by atoms with van der Waals surface area (Å²) in [6.07, 6.45) is 3.48. The minimum atomic E-state index is 1.03. The van der Waals surface area contributed by atoms with E-state index in [1.165, 1.54) is 22.4 Å². The van der Waals surface area contributed by atoms with Crippen LogP contribution in [0.3, 0.4) is 0 Å². The van der Waals surface area contributed by atoms with Crippen LogP contribution in [0.1, 0.15) is 16.9 Å². The Bertz CT molecular complexity index is 299. The molecule has 1 aromatic heterocycles. The molecule has 1 aromatic rings. The van der Waals surface area contributed by atoms with Crippen molar-refractivity contribution in [3.05, 3.63) is 28.0 Å². The van der Waals surface area contributed by atoms with Crippen LogP contribution in [0.5, 0.6) is 0 Å². The summed E-state index contributed by atoms with van der Waals surface area (Å²) < 4.78 is 0. The number of hydrogen-bond donors (Lipinski definition) is 1. The molecule has 0 unspecified atom stereocenters. The number of nitrogens with one attached hydrogen (secondary N) is 1. The second-order valence-electron chi connectivity index (χ2n) is 3.17. The van der Waals surface area contributed by atoms with Crippen LogP contribution in [-0.4, -0.2) is 13.1 Å². The monoisotopic (exact) mass is 179 g/mol. The molecule has 0 aromatic carbocycles. The summed E-state index contributed by atoms with van der Waals surface area (Å²) >= 11 is 1.86. The van der Waals surface area contributed by atoms with Gasteiger partial charge < -0.3 is 5.32 Å². The zero-order valence-corrected chi connectivity index (χ0v) is 8.08. The number of rotatable bonds is 1. The minimum absolute atomic E-state index is 1.03. The molecule has 12 heavy (non-hydrogen) atoms. The molecule has 1 aliphatic heterocycles. The van der Waals surface area contributed by atoms with Gasteiger partial charge in [0.15, 0.2) is 0 Å². The van der Waals surface area contributed by atoms with Crippen LogP contribution in [0, 0.1) is 6.92 Å². The van der Waals surface area contributed by atoms with Gasteiger partial charge in [-0.05, 0) is 42.5 Å². The fourth-order valence-electron chi connectivity index (χ4n) is 1.45. The van der Waals surface area contributed by atoms with Crippen molar-refractivity contribution < 1.29 is 0 Å². The van der Waals surface area contributed by atoms with Crippen LogP contribution in [0.25, 0.3) is 5.57 Å². The van der Waals surface area contributed by atoms with Gasteiger partial charge in [-0.3, -0.25) is 0 Å². The molecule has 1 nitrogen and oxygen atoms in total. The Morgan fingerprint density at radius 3 is 3.00 bits per heavy atom. The van der Waals surface area contributed by atoms with Gasteiger partial charge in [0.2, 0.25) is 0 Å². The van der Waals surface area contributed by atoms with Crippen molar-refractivity contribution in [3.63, 3.8) is 0 Å². The van der Waals surface area contributed by atoms with E-state index >= 15 is 0 Å². The van der Waals surface area contributed by atoms with E-state index in [-0.39, 0.29) is 0 Å². The molecule has 1 N–H and O–H groups in total. The summed E-state index contributed by atoms with van der Waals surface area (Å²) in [7, 11) is 0. The first-order chi connectivity index (χ1) is 5.86. The molecule has 2 heterocycles. The lowest BCUT2D eigenvalue weighted by molar-refractivity contribution is 0.739. The Morgan fingerprint density at radius 1 is 1.50 bits per heavy atom. The maximum Gasteiger partial charge on any atom is 0.0302 e. The first kappa shape index (κ1) is 8.02. The predicted octanol–water partition coefficient (Wildman–Crippen LogP) is 2.43. The van der Waals surface area contributed by atoms with Crippen molar-refractivity contribution in [2.75, 3.05) is 13.1 Å². The zero-order chi connectivity index (χ0) is 8.39. The summed E-state index contributed by atoms with van der Waals surface area (Å²) in [5, 5.41) is 5.54. The zero-order valence-electron chi connectivity index (χ0n) is 7.26. The van der Waals surface area contributed by atoms with E-state index in [2.05, 4.69) is 29.8 Å². The second-order valence-corrected chi connectivity index (χ2v) is 4.08. The van der Waals surface area contributed by atoms with E-state index in [1.807, 2.05) is 11.3 Å². The van der Waals surface area contributed by atoms with Crippen molar-refractivity contribution in [3.8, 4) is 0 Å². The lowest BCUT2D eigenvalue weighted by Crippen LogP contribution is -2.19. The van der Waals surface area contributed by atoms with E-state index in [4.69, 9.17) is 0 Å². The van der Waals surface area contributed by atoms with Crippen LogP contribution in [0.2, 0.25) is 0 Å². The van der Waals surface area contributed by atoms with Crippen molar-refractivity contribution in [1.29, 1.82) is 0 Å². The summed E-state index contributed by atoms with van der Waals surface area (Å²) in [6, 6.07) is 2.28. The molecular formula is C10H13NS. The Balaban J connectivity index is 2.23. The molecule has 0 amide bonds. The minimum Gasteiger partial charge on any atom is -0.313 e. The standard InChI is InChI=1S/C10H13NS/c1-8-6-10(12-7-8)9-2-4-11-5-3-9/h2,6-7,11H,3-5H2,1H3. The fourth-order valence-corrected chi connectivity index (χ4v) is 2.42. The van der Waals surface area contributed by atoms with Gasteiger partial charge in [-0.25, -0.2) is 0 Å². The molecule has 0 spiro atoms. The maximum atomic E-state index is 3.32. The summed E-state index contributed by atoms with van der Waals surface area (Å²) in [6.45, 7) is 4.32. The molecule has 0 saturated carbocycles. The van der Waals surface area contributed by atoms with E-state index in [9.17, 15) is 0 Å². The van der Waals surface area contributed by atoms with E-state index in [0.29, 0.717) is 0 Å². The topological polar surface area (TPSA) is 12.0 Å². The van der Waals surface area contributed by atoms with Gasteiger partial charge >= 0.3 is 0 Å². The molecule has 1 aliphatic rings. The molecule has 2 rings (SSSR count). The lowest BCUT2D eigenvalue weighted by Gasteiger charge is -2.11. The third-order valence-corrected chi connectivity index (χ3v) is 3.23. The van der Waals surface area contributed by atoms with Crippen LogP contribution in [0.4, 0.5) is 0 Å². The highest BCUT2D eigenvalue weighted by Crippen LogP contribution is 2.25. The van der Waals surface area contributed by atoms with Crippen molar-refractivity contribution in [2.24, 2.45) is 0 Å². The molecule has 64 valence electrons. The second kappa shape index (κ2) is 3.42. The van der Waals surface area contributed by atoms with Crippen LogP contribution in [-0.2, 0) is 0 Å². The average Bonchev–Trinajstić information content (AvgIpc) is 2.54. The molecule has 0 fully saturated rings. The average molecular weight is 179 g/mol. The quantitative estimate of drug-likeness (QED) is 0.698. The van der Waals surface area contributed by atoms with Crippen LogP contribution in [0.15, 0.2) is 17.5 Å². The molecular weight excluding hydrogens is 166 g/mol. The molecule has 0 aliphatic carbocycles. The molecule has 0 bridgehead atoms. The Kier molecular flexibility index (Phi) is 2.28. The van der Waals surface area contributed by atoms with E-state index < -0.39 is 0 Å². The fraction of sp³-hybridized carbons (Fsp3) is 0.400. The largest absolute Gasteiger partial charge is 0.313 e. The van der Waals surface area contributed by atoms with Crippen molar-refractivity contribution >= 4 is 16.9 Å². The van der Waals surface area contributed by atoms with E-state index in [1.54, 1.807) is 0 Å². The number of aryl methyl sites for hydroxylation is 1. The Labute approximate surface area is 77.1 Å². The van der Waals surface area contributed by atoms with Crippen molar-refractivity contribution in [1.82, 2.24) is 5.32 Å². The summed E-state index contributed by atoms with van der Waals surface area (Å²) in [5.74, 6) is 0. The highest BCUT2D eigenvalue weighted by molar-refractivity contribution is 7.11. The maximum absolute atomic E-state index is 3.32. The smallest absolute Gasteiger partial charge is 0.0302 e. The Morgan fingerprint density at radius 2 is 2.42 bits per heavy atom. The van der Waals surface area contributed by atoms with Gasteiger partial charge in [0.05, 0.1) is 0 Å². The highest BCUT2D eigenvalue weighted by atomic mass is 32.1. The SMILES string of the molecule is Cc1csc(C2=CCNCC2)c1. The molecule has 0 atom stereocenters. The highest BCUT2D eigenvalue weighted by Gasteiger charge is 2.06. The van der Waals surface area contributed by atoms with E-state index in [0.717, 1.165) is 13.1 Å². The number of thiophene rings is 1. The predicted molar refractivity (Wildman–Crippen MR) is 54.5 cm³/mol. The molecule has 2 heteroatoms. The third kappa shape index (κ3) is 1.59. The molecule has 0 saturated heterocycles. The Hall–Kier alpha value is -0.600.